The van der Waals surface area contributed by atoms with Crippen LogP contribution in [0.15, 0.2) is 4.52 Å². The molecule has 0 aromatic carbocycles. The summed E-state index contributed by atoms with van der Waals surface area (Å²) in [5, 5.41) is 7.25. The lowest BCUT2D eigenvalue weighted by atomic mass is 10.0. The van der Waals surface area contributed by atoms with E-state index in [1.807, 2.05) is 20.8 Å². The van der Waals surface area contributed by atoms with Crippen molar-refractivity contribution in [1.29, 1.82) is 0 Å². The van der Waals surface area contributed by atoms with Gasteiger partial charge < -0.3 is 9.26 Å². The van der Waals surface area contributed by atoms with Crippen LogP contribution in [-0.4, -0.2) is 24.3 Å². The zero-order valence-corrected chi connectivity index (χ0v) is 12.4. The number of carbonyl (C=O) groups is 1. The molecule has 1 rings (SSSR count). The summed E-state index contributed by atoms with van der Waals surface area (Å²) in [6, 6.07) is -0.277. The summed E-state index contributed by atoms with van der Waals surface area (Å²) in [5.41, 5.74) is 1.88. The fourth-order valence-corrected chi connectivity index (χ4v) is 2.31. The maximum atomic E-state index is 11.8. The Labute approximate surface area is 114 Å². The van der Waals surface area contributed by atoms with Crippen molar-refractivity contribution in [3.8, 4) is 0 Å². The lowest BCUT2D eigenvalue weighted by molar-refractivity contribution is -0.143. The Morgan fingerprint density at radius 2 is 2.16 bits per heavy atom. The number of nitrogens with one attached hydrogen (secondary N) is 1. The van der Waals surface area contributed by atoms with E-state index in [0.717, 1.165) is 36.3 Å². The third kappa shape index (κ3) is 4.06. The van der Waals surface area contributed by atoms with Gasteiger partial charge in [-0.05, 0) is 27.2 Å². The van der Waals surface area contributed by atoms with Crippen LogP contribution >= 0.6 is 0 Å². The smallest absolute Gasteiger partial charge is 0.322 e. The van der Waals surface area contributed by atoms with Gasteiger partial charge in [0.25, 0.3) is 0 Å². The SMILES string of the molecule is CCCCC(NC(C)c1c(C)noc1C)C(=O)OC. The minimum absolute atomic E-state index is 0.00667. The zero-order valence-electron chi connectivity index (χ0n) is 12.4. The molecule has 1 aromatic heterocycles. The van der Waals surface area contributed by atoms with Crippen LogP contribution < -0.4 is 5.32 Å². The first kappa shape index (κ1) is 15.7. The van der Waals surface area contributed by atoms with Crippen molar-refractivity contribution in [3.05, 3.63) is 17.0 Å². The predicted molar refractivity (Wildman–Crippen MR) is 72.9 cm³/mol. The largest absolute Gasteiger partial charge is 0.468 e. The summed E-state index contributed by atoms with van der Waals surface area (Å²) in [5.74, 6) is 0.573. The highest BCUT2D eigenvalue weighted by molar-refractivity contribution is 5.75. The second-order valence-corrected chi connectivity index (χ2v) is 4.84. The highest BCUT2D eigenvalue weighted by atomic mass is 16.5. The van der Waals surface area contributed by atoms with Crippen LogP contribution in [0, 0.1) is 13.8 Å². The Hall–Kier alpha value is -1.36. The second kappa shape index (κ2) is 7.28. The molecule has 1 N–H and O–H groups in total. The van der Waals surface area contributed by atoms with Crippen molar-refractivity contribution in [2.75, 3.05) is 7.11 Å². The number of esters is 1. The Morgan fingerprint density at radius 1 is 1.47 bits per heavy atom. The van der Waals surface area contributed by atoms with Gasteiger partial charge in [0.1, 0.15) is 11.8 Å². The van der Waals surface area contributed by atoms with Crippen molar-refractivity contribution >= 4 is 5.97 Å². The topological polar surface area (TPSA) is 64.4 Å². The Morgan fingerprint density at radius 3 is 2.63 bits per heavy atom. The average Bonchev–Trinajstić information content (AvgIpc) is 2.72. The van der Waals surface area contributed by atoms with Crippen LogP contribution in [0.2, 0.25) is 0 Å². The molecule has 1 aromatic rings. The quantitative estimate of drug-likeness (QED) is 0.770. The monoisotopic (exact) mass is 268 g/mol. The summed E-state index contributed by atoms with van der Waals surface area (Å²) in [7, 11) is 1.42. The van der Waals surface area contributed by atoms with E-state index >= 15 is 0 Å². The number of unbranched alkanes of at least 4 members (excludes halogenated alkanes) is 1. The van der Waals surface area contributed by atoms with Gasteiger partial charge in [-0.1, -0.05) is 24.9 Å². The Bertz CT molecular complexity index is 395. The van der Waals surface area contributed by atoms with Gasteiger partial charge >= 0.3 is 5.97 Å². The van der Waals surface area contributed by atoms with E-state index < -0.39 is 0 Å². The number of hydrogen-bond acceptors (Lipinski definition) is 5. The highest BCUT2D eigenvalue weighted by Crippen LogP contribution is 2.22. The van der Waals surface area contributed by atoms with E-state index in [1.165, 1.54) is 7.11 Å². The molecule has 5 nitrogen and oxygen atoms in total. The molecular weight excluding hydrogens is 244 g/mol. The summed E-state index contributed by atoms with van der Waals surface area (Å²) >= 11 is 0. The number of nitrogens with zero attached hydrogens (tertiary/aromatic N) is 1. The molecule has 5 heteroatoms. The Balaban J connectivity index is 2.75. The Kier molecular flexibility index (Phi) is 6.02. The van der Waals surface area contributed by atoms with Gasteiger partial charge in [-0.15, -0.1) is 0 Å². The van der Waals surface area contributed by atoms with E-state index in [2.05, 4.69) is 17.4 Å². The first-order chi connectivity index (χ1) is 9.01. The van der Waals surface area contributed by atoms with Gasteiger partial charge in [-0.3, -0.25) is 10.1 Å². The molecule has 19 heavy (non-hydrogen) atoms. The number of aromatic nitrogens is 1. The maximum absolute atomic E-state index is 11.8. The predicted octanol–water partition coefficient (Wildman–Crippen LogP) is 2.67. The van der Waals surface area contributed by atoms with Crippen molar-refractivity contribution in [2.45, 2.75) is 59.0 Å². The van der Waals surface area contributed by atoms with Crippen molar-refractivity contribution in [1.82, 2.24) is 10.5 Å². The van der Waals surface area contributed by atoms with Crippen molar-refractivity contribution in [2.24, 2.45) is 0 Å². The van der Waals surface area contributed by atoms with E-state index in [-0.39, 0.29) is 18.1 Å². The number of methoxy groups -OCH3 is 1. The summed E-state index contributed by atoms with van der Waals surface area (Å²) in [4.78, 5) is 11.8. The maximum Gasteiger partial charge on any atom is 0.322 e. The van der Waals surface area contributed by atoms with Crippen LogP contribution in [0.3, 0.4) is 0 Å². The summed E-state index contributed by atoms with van der Waals surface area (Å²) < 4.78 is 10.0. The van der Waals surface area contributed by atoms with Gasteiger partial charge in [0.05, 0.1) is 12.8 Å². The van der Waals surface area contributed by atoms with E-state index in [1.54, 1.807) is 0 Å². The normalized spacial score (nSPS) is 14.2. The van der Waals surface area contributed by atoms with Crippen LogP contribution in [0.25, 0.3) is 0 Å². The fraction of sp³-hybridized carbons (Fsp3) is 0.714. The molecule has 0 saturated carbocycles. The molecule has 2 atom stereocenters. The minimum atomic E-state index is -0.284. The van der Waals surface area contributed by atoms with E-state index in [0.29, 0.717) is 0 Å². The molecule has 0 aliphatic carbocycles. The third-order valence-electron chi connectivity index (χ3n) is 3.30. The standard InChI is InChI=1S/C14H24N2O3/c1-6-7-8-12(14(17)18-5)15-9(2)13-10(3)16-19-11(13)4/h9,12,15H,6-8H2,1-5H3. The molecule has 2 unspecified atom stereocenters. The second-order valence-electron chi connectivity index (χ2n) is 4.84. The van der Waals surface area contributed by atoms with Crippen molar-refractivity contribution < 1.29 is 14.1 Å². The first-order valence-electron chi connectivity index (χ1n) is 6.77. The average molecular weight is 268 g/mol. The fourth-order valence-electron chi connectivity index (χ4n) is 2.31. The van der Waals surface area contributed by atoms with Crippen LogP contribution in [-0.2, 0) is 9.53 Å². The molecule has 0 radical (unpaired) electrons. The van der Waals surface area contributed by atoms with Crippen LogP contribution in [0.4, 0.5) is 0 Å². The molecule has 108 valence electrons. The highest BCUT2D eigenvalue weighted by Gasteiger charge is 2.24. The molecule has 0 amide bonds. The molecule has 0 spiro atoms. The number of aryl methyl sites for hydroxylation is 2. The molecular formula is C14H24N2O3. The third-order valence-corrected chi connectivity index (χ3v) is 3.30. The lowest BCUT2D eigenvalue weighted by Gasteiger charge is -2.21. The van der Waals surface area contributed by atoms with Gasteiger partial charge in [-0.25, -0.2) is 0 Å². The van der Waals surface area contributed by atoms with E-state index in [9.17, 15) is 4.79 Å². The number of rotatable bonds is 7. The molecule has 1 heterocycles. The number of ether oxygens (including phenoxy) is 1. The molecule has 0 saturated heterocycles. The number of carbonyl (C=O) groups excluding carboxylic acids is 1. The summed E-state index contributed by atoms with van der Waals surface area (Å²) in [6.45, 7) is 7.90. The van der Waals surface area contributed by atoms with Crippen LogP contribution in [0.5, 0.6) is 0 Å². The van der Waals surface area contributed by atoms with Gasteiger partial charge in [-0.2, -0.15) is 0 Å². The van der Waals surface area contributed by atoms with Crippen molar-refractivity contribution in [3.63, 3.8) is 0 Å². The zero-order chi connectivity index (χ0) is 14.4. The number of hydrogen-bond donors (Lipinski definition) is 1. The molecule has 0 aliphatic rings. The molecule has 0 fully saturated rings. The van der Waals surface area contributed by atoms with Crippen LogP contribution in [0.1, 0.15) is 56.2 Å². The lowest BCUT2D eigenvalue weighted by Crippen LogP contribution is -2.39. The van der Waals surface area contributed by atoms with Gasteiger partial charge in [0, 0.05) is 11.6 Å². The molecule has 0 bridgehead atoms. The molecule has 0 aliphatic heterocycles. The van der Waals surface area contributed by atoms with Gasteiger partial charge in [0.15, 0.2) is 0 Å². The summed E-state index contributed by atoms with van der Waals surface area (Å²) in [6.07, 6.45) is 2.81. The first-order valence-corrected chi connectivity index (χ1v) is 6.77. The van der Waals surface area contributed by atoms with Gasteiger partial charge in [0.2, 0.25) is 0 Å². The minimum Gasteiger partial charge on any atom is -0.468 e. The van der Waals surface area contributed by atoms with E-state index in [4.69, 9.17) is 9.26 Å².